The molecule has 1 atom stereocenters. The largest absolute Gasteiger partial charge is 0.488 e. The number of para-hydroxylation sites is 1. The zero-order chi connectivity index (χ0) is 16.0. The molecule has 0 spiro atoms. The molecule has 2 heterocycles. The molecule has 23 heavy (non-hydrogen) atoms. The SMILES string of the molecule is O=C1NC2=C(COc3ccccc32)C(c2ccc(F)c(Br)c2)N1. The minimum Gasteiger partial charge on any atom is -0.488 e. The Morgan fingerprint density at radius 2 is 2.04 bits per heavy atom. The molecule has 0 bridgehead atoms. The molecule has 1 unspecified atom stereocenters. The molecule has 0 aliphatic carbocycles. The summed E-state index contributed by atoms with van der Waals surface area (Å²) in [7, 11) is 0. The smallest absolute Gasteiger partial charge is 0.320 e. The van der Waals surface area contributed by atoms with Crippen molar-refractivity contribution in [1.29, 1.82) is 0 Å². The average Bonchev–Trinajstić information content (AvgIpc) is 2.56. The number of ether oxygens (including phenoxy) is 1. The Kier molecular flexibility index (Phi) is 3.34. The van der Waals surface area contributed by atoms with Gasteiger partial charge in [0, 0.05) is 11.1 Å². The predicted molar refractivity (Wildman–Crippen MR) is 87.4 cm³/mol. The van der Waals surface area contributed by atoms with Gasteiger partial charge in [-0.3, -0.25) is 0 Å². The second-order valence-electron chi connectivity index (χ2n) is 5.39. The van der Waals surface area contributed by atoms with Gasteiger partial charge in [0.2, 0.25) is 0 Å². The van der Waals surface area contributed by atoms with E-state index in [-0.39, 0.29) is 17.9 Å². The van der Waals surface area contributed by atoms with E-state index in [2.05, 4.69) is 26.6 Å². The van der Waals surface area contributed by atoms with E-state index in [1.807, 2.05) is 24.3 Å². The number of rotatable bonds is 1. The van der Waals surface area contributed by atoms with Crippen molar-refractivity contribution in [2.75, 3.05) is 6.61 Å². The maximum atomic E-state index is 13.5. The van der Waals surface area contributed by atoms with Gasteiger partial charge in [-0.1, -0.05) is 18.2 Å². The summed E-state index contributed by atoms with van der Waals surface area (Å²) in [5.74, 6) is 0.404. The highest BCUT2D eigenvalue weighted by Gasteiger charge is 2.33. The van der Waals surface area contributed by atoms with Gasteiger partial charge in [0.15, 0.2) is 0 Å². The topological polar surface area (TPSA) is 50.4 Å². The third kappa shape index (κ3) is 2.39. The van der Waals surface area contributed by atoms with Crippen LogP contribution in [-0.4, -0.2) is 12.6 Å². The summed E-state index contributed by atoms with van der Waals surface area (Å²) in [4.78, 5) is 12.1. The normalized spacial score (nSPS) is 19.2. The zero-order valence-corrected chi connectivity index (χ0v) is 13.5. The van der Waals surface area contributed by atoms with Crippen molar-refractivity contribution in [2.45, 2.75) is 6.04 Å². The summed E-state index contributed by atoms with van der Waals surface area (Å²) in [6, 6.07) is 11.7. The van der Waals surface area contributed by atoms with Crippen molar-refractivity contribution in [1.82, 2.24) is 10.6 Å². The van der Waals surface area contributed by atoms with Crippen LogP contribution >= 0.6 is 15.9 Å². The van der Waals surface area contributed by atoms with E-state index in [4.69, 9.17) is 4.74 Å². The Morgan fingerprint density at radius 3 is 2.87 bits per heavy atom. The van der Waals surface area contributed by atoms with Crippen LogP contribution in [0.25, 0.3) is 5.70 Å². The van der Waals surface area contributed by atoms with Gasteiger partial charge in [0.1, 0.15) is 18.2 Å². The molecular formula is C17H12BrFN2O2. The monoisotopic (exact) mass is 374 g/mol. The zero-order valence-electron chi connectivity index (χ0n) is 11.9. The van der Waals surface area contributed by atoms with Crippen LogP contribution in [0.1, 0.15) is 17.2 Å². The van der Waals surface area contributed by atoms with E-state index in [1.54, 1.807) is 12.1 Å². The lowest BCUT2D eigenvalue weighted by Gasteiger charge is -2.34. The van der Waals surface area contributed by atoms with E-state index in [0.29, 0.717) is 11.1 Å². The van der Waals surface area contributed by atoms with E-state index >= 15 is 0 Å². The van der Waals surface area contributed by atoms with Crippen molar-refractivity contribution in [3.63, 3.8) is 0 Å². The van der Waals surface area contributed by atoms with Crippen LogP contribution in [0.5, 0.6) is 5.75 Å². The fraction of sp³-hybridized carbons (Fsp3) is 0.118. The Labute approximate surface area is 140 Å². The number of fused-ring (bicyclic) bond motifs is 2. The molecule has 116 valence electrons. The molecular weight excluding hydrogens is 363 g/mol. The van der Waals surface area contributed by atoms with Crippen LogP contribution in [0.2, 0.25) is 0 Å². The molecule has 6 heteroatoms. The van der Waals surface area contributed by atoms with Gasteiger partial charge in [-0.25, -0.2) is 9.18 Å². The lowest BCUT2D eigenvalue weighted by atomic mass is 9.91. The maximum Gasteiger partial charge on any atom is 0.320 e. The molecule has 2 aliphatic heterocycles. The minimum atomic E-state index is -0.357. The van der Waals surface area contributed by atoms with Crippen LogP contribution in [0.15, 0.2) is 52.5 Å². The number of nitrogens with one attached hydrogen (secondary N) is 2. The third-order valence-electron chi connectivity index (χ3n) is 4.00. The molecule has 2 aromatic rings. The summed E-state index contributed by atoms with van der Waals surface area (Å²) in [6.45, 7) is 0.360. The van der Waals surface area contributed by atoms with Gasteiger partial charge in [-0.15, -0.1) is 0 Å². The number of carbonyl (C=O) groups is 1. The minimum absolute atomic E-state index is 0.286. The van der Waals surface area contributed by atoms with Crippen LogP contribution in [0.4, 0.5) is 9.18 Å². The van der Waals surface area contributed by atoms with E-state index in [0.717, 1.165) is 28.1 Å². The molecule has 4 nitrogen and oxygen atoms in total. The predicted octanol–water partition coefficient (Wildman–Crippen LogP) is 3.75. The highest BCUT2D eigenvalue weighted by atomic mass is 79.9. The number of amides is 2. The second-order valence-corrected chi connectivity index (χ2v) is 6.24. The van der Waals surface area contributed by atoms with Gasteiger partial charge < -0.3 is 15.4 Å². The first-order chi connectivity index (χ1) is 11.1. The third-order valence-corrected chi connectivity index (χ3v) is 4.61. The highest BCUT2D eigenvalue weighted by molar-refractivity contribution is 9.10. The number of benzene rings is 2. The average molecular weight is 375 g/mol. The number of halogens is 2. The number of hydrogen-bond donors (Lipinski definition) is 2. The molecule has 2 N–H and O–H groups in total. The fourth-order valence-corrected chi connectivity index (χ4v) is 3.32. The molecule has 0 saturated carbocycles. The summed E-state index contributed by atoms with van der Waals surface area (Å²) in [5.41, 5.74) is 3.33. The standard InChI is InChI=1S/C17H12BrFN2O2/c18-12-7-9(5-6-13(12)19)15-11-8-23-14-4-2-1-3-10(14)16(11)21-17(22)20-15/h1-7,15H,8H2,(H2,20,21,22). The summed E-state index contributed by atoms with van der Waals surface area (Å²) < 4.78 is 19.7. The van der Waals surface area contributed by atoms with Crippen molar-refractivity contribution in [3.8, 4) is 5.75 Å². The van der Waals surface area contributed by atoms with Crippen molar-refractivity contribution >= 4 is 27.7 Å². The second kappa shape index (κ2) is 5.38. The van der Waals surface area contributed by atoms with Gasteiger partial charge in [-0.05, 0) is 45.8 Å². The van der Waals surface area contributed by atoms with Gasteiger partial charge in [0.05, 0.1) is 16.2 Å². The van der Waals surface area contributed by atoms with Crippen molar-refractivity contribution in [2.24, 2.45) is 0 Å². The Bertz CT molecular complexity index is 850. The summed E-state index contributed by atoms with van der Waals surface area (Å²) >= 11 is 3.19. The Morgan fingerprint density at radius 1 is 1.22 bits per heavy atom. The molecule has 0 aromatic heterocycles. The first kappa shape index (κ1) is 14.3. The fourth-order valence-electron chi connectivity index (χ4n) is 2.92. The summed E-state index contributed by atoms with van der Waals surface area (Å²) in [6.07, 6.45) is 0. The number of carbonyl (C=O) groups excluding carboxylic acids is 1. The molecule has 4 rings (SSSR count). The molecule has 0 radical (unpaired) electrons. The van der Waals surface area contributed by atoms with Crippen LogP contribution in [-0.2, 0) is 0 Å². The van der Waals surface area contributed by atoms with Crippen LogP contribution in [0, 0.1) is 5.82 Å². The lowest BCUT2D eigenvalue weighted by Crippen LogP contribution is -2.45. The molecule has 2 aliphatic rings. The maximum absolute atomic E-state index is 13.5. The number of hydrogen-bond acceptors (Lipinski definition) is 2. The summed E-state index contributed by atoms with van der Waals surface area (Å²) in [5, 5.41) is 5.74. The highest BCUT2D eigenvalue weighted by Crippen LogP contribution is 2.38. The van der Waals surface area contributed by atoms with Gasteiger partial charge >= 0.3 is 6.03 Å². The van der Waals surface area contributed by atoms with E-state index < -0.39 is 0 Å². The van der Waals surface area contributed by atoms with Gasteiger partial charge in [-0.2, -0.15) is 0 Å². The molecule has 0 saturated heterocycles. The first-order valence-electron chi connectivity index (χ1n) is 7.11. The van der Waals surface area contributed by atoms with E-state index in [9.17, 15) is 9.18 Å². The van der Waals surface area contributed by atoms with Crippen molar-refractivity contribution < 1.29 is 13.9 Å². The lowest BCUT2D eigenvalue weighted by molar-refractivity contribution is 0.237. The van der Waals surface area contributed by atoms with Crippen molar-refractivity contribution in [3.05, 3.63) is 69.5 Å². The molecule has 2 aromatic carbocycles. The van der Waals surface area contributed by atoms with Gasteiger partial charge in [0.25, 0.3) is 0 Å². The molecule has 2 amide bonds. The quantitative estimate of drug-likeness (QED) is 0.798. The molecule has 0 fully saturated rings. The van der Waals surface area contributed by atoms with Crippen LogP contribution in [0.3, 0.4) is 0 Å². The van der Waals surface area contributed by atoms with Crippen LogP contribution < -0.4 is 15.4 Å². The Balaban J connectivity index is 1.85. The number of urea groups is 1. The first-order valence-corrected chi connectivity index (χ1v) is 7.90. The Hall–Kier alpha value is -2.34. The van der Waals surface area contributed by atoms with E-state index in [1.165, 1.54) is 6.07 Å².